The van der Waals surface area contributed by atoms with Crippen molar-refractivity contribution in [2.24, 2.45) is 0 Å². The lowest BCUT2D eigenvalue weighted by molar-refractivity contribution is -0.00923. The Hall–Kier alpha value is -1.81. The molecule has 1 saturated heterocycles. The average Bonchev–Trinajstić information content (AvgIpc) is 3.05. The van der Waals surface area contributed by atoms with Crippen LogP contribution in [0, 0.1) is 6.92 Å². The molecule has 2 unspecified atom stereocenters. The number of hydrogen-bond acceptors (Lipinski definition) is 7. The third kappa shape index (κ3) is 3.77. The number of aliphatic hydroxyl groups is 1. The molecule has 2 aromatic heterocycles. The van der Waals surface area contributed by atoms with E-state index in [1.165, 1.54) is 6.07 Å². The second-order valence-corrected chi connectivity index (χ2v) is 9.43. The summed E-state index contributed by atoms with van der Waals surface area (Å²) in [6, 6.07) is 6.74. The molecule has 0 aliphatic carbocycles. The molecule has 2 atom stereocenters. The van der Waals surface area contributed by atoms with Crippen molar-refractivity contribution in [2.45, 2.75) is 55.9 Å². The van der Waals surface area contributed by atoms with Crippen LogP contribution in [-0.2, 0) is 32.6 Å². The van der Waals surface area contributed by atoms with Gasteiger partial charge in [-0.1, -0.05) is 6.07 Å². The Kier molecular flexibility index (Phi) is 5.66. The quantitative estimate of drug-likeness (QED) is 0.795. The highest BCUT2D eigenvalue weighted by Crippen LogP contribution is 2.41. The number of pyridine rings is 1. The van der Waals surface area contributed by atoms with Gasteiger partial charge >= 0.3 is 0 Å². The van der Waals surface area contributed by atoms with Gasteiger partial charge in [-0.15, -0.1) is 0 Å². The predicted molar refractivity (Wildman–Crippen MR) is 97.7 cm³/mol. The van der Waals surface area contributed by atoms with Crippen LogP contribution in [0.5, 0.6) is 0 Å². The second-order valence-electron chi connectivity index (χ2n) is 7.02. The average molecular weight is 395 g/mol. The van der Waals surface area contributed by atoms with Crippen LogP contribution in [0.3, 0.4) is 0 Å². The molecule has 0 bridgehead atoms. The van der Waals surface area contributed by atoms with E-state index in [9.17, 15) is 13.5 Å². The molecule has 148 valence electrons. The van der Waals surface area contributed by atoms with Crippen LogP contribution in [0.15, 0.2) is 29.3 Å². The molecule has 8 nitrogen and oxygen atoms in total. The number of hydrogen-bond donors (Lipinski definition) is 1. The first-order chi connectivity index (χ1) is 12.8. The fourth-order valence-corrected chi connectivity index (χ4v) is 5.12. The number of aliphatic hydroxyl groups excluding tert-OH is 1. The fraction of sp³-hybridized carbons (Fsp3) is 0.556. The van der Waals surface area contributed by atoms with Gasteiger partial charge in [-0.3, -0.25) is 0 Å². The third-order valence-electron chi connectivity index (χ3n) is 4.96. The Labute approximate surface area is 159 Å². The summed E-state index contributed by atoms with van der Waals surface area (Å²) in [5.74, 6) is 0. The molecular formula is C18H25N3O5S. The van der Waals surface area contributed by atoms with E-state index in [2.05, 4.69) is 10.1 Å². The van der Waals surface area contributed by atoms with E-state index in [0.29, 0.717) is 30.1 Å². The van der Waals surface area contributed by atoms with Gasteiger partial charge in [0.1, 0.15) is 12.8 Å². The topological polar surface area (TPSA) is 104 Å². The predicted octanol–water partition coefficient (Wildman–Crippen LogP) is 1.77. The SMILES string of the molecule is COCn1nc(CO)cc1C1CC(C)(S(=O)(=O)c2cccc(C)n2)CCO1. The van der Waals surface area contributed by atoms with Crippen LogP contribution in [0.4, 0.5) is 0 Å². The lowest BCUT2D eigenvalue weighted by atomic mass is 9.94. The molecule has 0 spiro atoms. The Morgan fingerprint density at radius 2 is 2.22 bits per heavy atom. The molecule has 2 aromatic rings. The molecule has 3 heterocycles. The van der Waals surface area contributed by atoms with Crippen LogP contribution in [0.25, 0.3) is 0 Å². The number of ether oxygens (including phenoxy) is 2. The van der Waals surface area contributed by atoms with Crippen LogP contribution in [0.1, 0.15) is 43.0 Å². The minimum absolute atomic E-state index is 0.0899. The molecule has 0 aromatic carbocycles. The van der Waals surface area contributed by atoms with E-state index in [1.807, 2.05) is 0 Å². The van der Waals surface area contributed by atoms with Crippen molar-refractivity contribution in [1.29, 1.82) is 0 Å². The number of aromatic nitrogens is 3. The van der Waals surface area contributed by atoms with E-state index in [4.69, 9.17) is 9.47 Å². The lowest BCUT2D eigenvalue weighted by Gasteiger charge is -2.37. The van der Waals surface area contributed by atoms with Crippen LogP contribution >= 0.6 is 0 Å². The van der Waals surface area contributed by atoms with Crippen LogP contribution < -0.4 is 0 Å². The third-order valence-corrected chi connectivity index (χ3v) is 7.41. The maximum atomic E-state index is 13.3. The first-order valence-electron chi connectivity index (χ1n) is 8.77. The Morgan fingerprint density at radius 1 is 1.44 bits per heavy atom. The highest BCUT2D eigenvalue weighted by molar-refractivity contribution is 7.92. The van der Waals surface area contributed by atoms with E-state index in [0.717, 1.165) is 0 Å². The van der Waals surface area contributed by atoms with E-state index >= 15 is 0 Å². The van der Waals surface area contributed by atoms with E-state index in [1.54, 1.807) is 43.8 Å². The summed E-state index contributed by atoms with van der Waals surface area (Å²) < 4.78 is 38.2. The van der Waals surface area contributed by atoms with Crippen molar-refractivity contribution in [3.63, 3.8) is 0 Å². The van der Waals surface area contributed by atoms with E-state index < -0.39 is 20.7 Å². The number of sulfone groups is 1. The van der Waals surface area contributed by atoms with Crippen molar-refractivity contribution in [3.8, 4) is 0 Å². The highest BCUT2D eigenvalue weighted by Gasteiger charge is 2.46. The van der Waals surface area contributed by atoms with Gasteiger partial charge in [0.05, 0.1) is 22.7 Å². The first-order valence-corrected chi connectivity index (χ1v) is 10.3. The number of rotatable bonds is 6. The molecule has 0 amide bonds. The van der Waals surface area contributed by atoms with Crippen molar-refractivity contribution in [2.75, 3.05) is 13.7 Å². The zero-order valence-electron chi connectivity index (χ0n) is 15.8. The number of nitrogens with zero attached hydrogens (tertiary/aromatic N) is 3. The summed E-state index contributed by atoms with van der Waals surface area (Å²) in [5.41, 5.74) is 1.84. The van der Waals surface area contributed by atoms with Crippen molar-refractivity contribution >= 4 is 9.84 Å². The maximum Gasteiger partial charge on any atom is 0.201 e. The van der Waals surface area contributed by atoms with Gasteiger partial charge in [0, 0.05) is 19.4 Å². The van der Waals surface area contributed by atoms with Crippen LogP contribution in [-0.4, -0.2) is 46.8 Å². The summed E-state index contributed by atoms with van der Waals surface area (Å²) >= 11 is 0. The molecule has 0 saturated carbocycles. The van der Waals surface area contributed by atoms with Gasteiger partial charge in [0.15, 0.2) is 5.03 Å². The normalized spacial score (nSPS) is 23.5. The summed E-state index contributed by atoms with van der Waals surface area (Å²) in [4.78, 5) is 4.23. The van der Waals surface area contributed by atoms with Crippen molar-refractivity contribution in [3.05, 3.63) is 41.3 Å². The standard InChI is InChI=1S/C18H25N3O5S/c1-13-5-4-6-17(19-13)27(23,24)18(2)7-8-26-16(10-18)15-9-14(11-22)20-21(15)12-25-3/h4-6,9,16,22H,7-8,10-12H2,1-3H3. The van der Waals surface area contributed by atoms with Gasteiger partial charge in [0.2, 0.25) is 9.84 Å². The molecular weight excluding hydrogens is 370 g/mol. The zero-order chi connectivity index (χ0) is 19.7. The number of aryl methyl sites for hydroxylation is 1. The second kappa shape index (κ2) is 7.67. The summed E-state index contributed by atoms with van der Waals surface area (Å²) in [6.07, 6.45) is 0.184. The Bertz CT molecular complexity index is 911. The first kappa shape index (κ1) is 19.9. The Morgan fingerprint density at radius 3 is 2.89 bits per heavy atom. The monoisotopic (exact) mass is 395 g/mol. The zero-order valence-corrected chi connectivity index (χ0v) is 16.6. The van der Waals surface area contributed by atoms with Gasteiger partial charge in [-0.05, 0) is 44.9 Å². The molecule has 1 fully saturated rings. The van der Waals surface area contributed by atoms with Gasteiger partial charge in [-0.25, -0.2) is 18.1 Å². The van der Waals surface area contributed by atoms with Gasteiger partial charge in [-0.2, -0.15) is 5.10 Å². The molecule has 1 aliphatic rings. The van der Waals surface area contributed by atoms with Crippen molar-refractivity contribution < 1.29 is 23.0 Å². The van der Waals surface area contributed by atoms with Crippen molar-refractivity contribution in [1.82, 2.24) is 14.8 Å². The fourth-order valence-electron chi connectivity index (χ4n) is 3.37. The smallest absolute Gasteiger partial charge is 0.201 e. The molecule has 27 heavy (non-hydrogen) atoms. The van der Waals surface area contributed by atoms with E-state index in [-0.39, 0.29) is 24.8 Å². The van der Waals surface area contributed by atoms with Crippen LogP contribution in [0.2, 0.25) is 0 Å². The minimum Gasteiger partial charge on any atom is -0.390 e. The Balaban J connectivity index is 1.94. The van der Waals surface area contributed by atoms with Gasteiger partial charge < -0.3 is 14.6 Å². The molecule has 1 aliphatic heterocycles. The largest absolute Gasteiger partial charge is 0.390 e. The number of methoxy groups -OCH3 is 1. The summed E-state index contributed by atoms with van der Waals surface area (Å²) in [7, 11) is -2.10. The molecule has 1 N–H and O–H groups in total. The molecule has 9 heteroatoms. The minimum atomic E-state index is -3.65. The molecule has 3 rings (SSSR count). The summed E-state index contributed by atoms with van der Waals surface area (Å²) in [5, 5.41) is 13.8. The van der Waals surface area contributed by atoms with Gasteiger partial charge in [0.25, 0.3) is 0 Å². The molecule has 0 radical (unpaired) electrons. The lowest BCUT2D eigenvalue weighted by Crippen LogP contribution is -2.42. The summed E-state index contributed by atoms with van der Waals surface area (Å²) in [6.45, 7) is 3.80. The maximum absolute atomic E-state index is 13.3. The highest BCUT2D eigenvalue weighted by atomic mass is 32.2.